The second kappa shape index (κ2) is 6.41. The molecule has 0 aliphatic carbocycles. The van der Waals surface area contributed by atoms with Gasteiger partial charge in [0.1, 0.15) is 0 Å². The van der Waals surface area contributed by atoms with Gasteiger partial charge >= 0.3 is 0 Å². The molecule has 0 saturated carbocycles. The highest BCUT2D eigenvalue weighted by molar-refractivity contribution is 14.1. The number of nitrogens with zero attached hydrogens (tertiary/aromatic N) is 1. The number of rotatable bonds is 5. The van der Waals surface area contributed by atoms with Gasteiger partial charge in [-0.25, -0.2) is 0 Å². The van der Waals surface area contributed by atoms with Crippen LogP contribution in [-0.2, 0) is 0 Å². The Hall–Kier alpha value is -0.340. The standard InChI is InChI=1S/C10H12INO3S/c1-7(5-13)6-16-10-3-2-8(11)4-9(10)12(14)15/h2-4,7,13H,5-6H2,1H3. The molecule has 1 aromatic rings. The maximum Gasteiger partial charge on any atom is 0.283 e. The van der Waals surface area contributed by atoms with Crippen LogP contribution < -0.4 is 0 Å². The number of halogens is 1. The molecular formula is C10H12INO3S. The summed E-state index contributed by atoms with van der Waals surface area (Å²) in [6, 6.07) is 5.17. The van der Waals surface area contributed by atoms with Gasteiger partial charge in [0.2, 0.25) is 0 Å². The van der Waals surface area contributed by atoms with Crippen molar-refractivity contribution in [3.8, 4) is 0 Å². The summed E-state index contributed by atoms with van der Waals surface area (Å²) in [4.78, 5) is 11.1. The van der Waals surface area contributed by atoms with E-state index in [-0.39, 0.29) is 23.1 Å². The van der Waals surface area contributed by atoms with Crippen LogP contribution in [0.3, 0.4) is 0 Å². The summed E-state index contributed by atoms with van der Waals surface area (Å²) in [5.74, 6) is 0.821. The van der Waals surface area contributed by atoms with Gasteiger partial charge in [0.25, 0.3) is 5.69 Å². The topological polar surface area (TPSA) is 63.4 Å². The van der Waals surface area contributed by atoms with E-state index in [1.54, 1.807) is 12.1 Å². The molecule has 88 valence electrons. The van der Waals surface area contributed by atoms with Crippen molar-refractivity contribution in [1.82, 2.24) is 0 Å². The Morgan fingerprint density at radius 2 is 2.31 bits per heavy atom. The quantitative estimate of drug-likeness (QED) is 0.383. The molecule has 4 nitrogen and oxygen atoms in total. The average molecular weight is 353 g/mol. The van der Waals surface area contributed by atoms with E-state index in [1.807, 2.05) is 13.0 Å². The summed E-state index contributed by atoms with van der Waals surface area (Å²) in [5.41, 5.74) is 0.141. The Morgan fingerprint density at radius 1 is 1.62 bits per heavy atom. The molecule has 1 rings (SSSR count). The Balaban J connectivity index is 2.82. The lowest BCUT2D eigenvalue weighted by Gasteiger charge is -2.07. The number of thioether (sulfide) groups is 1. The summed E-state index contributed by atoms with van der Waals surface area (Å²) in [6.07, 6.45) is 0. The van der Waals surface area contributed by atoms with Crippen LogP contribution >= 0.6 is 34.4 Å². The van der Waals surface area contributed by atoms with E-state index < -0.39 is 0 Å². The second-order valence-electron chi connectivity index (χ2n) is 3.47. The summed E-state index contributed by atoms with van der Waals surface area (Å²) in [6.45, 7) is 2.01. The molecule has 0 saturated heterocycles. The molecule has 1 unspecified atom stereocenters. The molecule has 6 heteroatoms. The molecule has 0 heterocycles. The lowest BCUT2D eigenvalue weighted by atomic mass is 10.2. The number of aliphatic hydroxyl groups excluding tert-OH is 1. The number of aliphatic hydroxyl groups is 1. The Bertz CT molecular complexity index is 386. The Kier molecular flexibility index (Phi) is 5.50. The van der Waals surface area contributed by atoms with Crippen molar-refractivity contribution in [2.45, 2.75) is 11.8 Å². The van der Waals surface area contributed by atoms with Crippen molar-refractivity contribution in [2.75, 3.05) is 12.4 Å². The molecule has 16 heavy (non-hydrogen) atoms. The predicted octanol–water partition coefficient (Wildman–Crippen LogP) is 2.92. The molecule has 1 N–H and O–H groups in total. The Labute approximate surface area is 112 Å². The maximum absolute atomic E-state index is 10.8. The van der Waals surface area contributed by atoms with E-state index in [4.69, 9.17) is 5.11 Å². The molecule has 1 aromatic carbocycles. The molecular weight excluding hydrogens is 341 g/mol. The highest BCUT2D eigenvalue weighted by atomic mass is 127. The van der Waals surface area contributed by atoms with Crippen molar-refractivity contribution in [3.05, 3.63) is 31.9 Å². The van der Waals surface area contributed by atoms with Crippen LogP contribution in [0.25, 0.3) is 0 Å². The molecule has 0 radical (unpaired) electrons. The maximum atomic E-state index is 10.8. The zero-order chi connectivity index (χ0) is 12.1. The number of hydrogen-bond donors (Lipinski definition) is 1. The van der Waals surface area contributed by atoms with Crippen LogP contribution in [0, 0.1) is 19.6 Å². The van der Waals surface area contributed by atoms with Crippen LogP contribution in [0.2, 0.25) is 0 Å². The summed E-state index contributed by atoms with van der Waals surface area (Å²) in [7, 11) is 0. The van der Waals surface area contributed by atoms with Gasteiger partial charge in [0.15, 0.2) is 0 Å². The highest BCUT2D eigenvalue weighted by Crippen LogP contribution is 2.31. The first-order valence-electron chi connectivity index (χ1n) is 4.72. The lowest BCUT2D eigenvalue weighted by Crippen LogP contribution is -2.03. The van der Waals surface area contributed by atoms with Crippen molar-refractivity contribution in [3.63, 3.8) is 0 Å². The third-order valence-corrected chi connectivity index (χ3v) is 4.02. The largest absolute Gasteiger partial charge is 0.396 e. The lowest BCUT2D eigenvalue weighted by molar-refractivity contribution is -0.387. The molecule has 0 fully saturated rings. The van der Waals surface area contributed by atoms with Gasteiger partial charge in [-0.1, -0.05) is 6.92 Å². The molecule has 0 spiro atoms. The van der Waals surface area contributed by atoms with Crippen molar-refractivity contribution < 1.29 is 10.0 Å². The average Bonchev–Trinajstić information content (AvgIpc) is 2.26. The first-order valence-corrected chi connectivity index (χ1v) is 6.78. The van der Waals surface area contributed by atoms with E-state index >= 15 is 0 Å². The van der Waals surface area contributed by atoms with Gasteiger partial charge in [-0.15, -0.1) is 11.8 Å². The second-order valence-corrected chi connectivity index (χ2v) is 5.78. The zero-order valence-electron chi connectivity index (χ0n) is 8.72. The molecule has 0 amide bonds. The first kappa shape index (κ1) is 13.7. The molecule has 1 atom stereocenters. The van der Waals surface area contributed by atoms with Crippen molar-refractivity contribution in [2.24, 2.45) is 5.92 Å². The third-order valence-electron chi connectivity index (χ3n) is 1.95. The van der Waals surface area contributed by atoms with E-state index in [1.165, 1.54) is 11.8 Å². The SMILES string of the molecule is CC(CO)CSc1ccc(I)cc1[N+](=O)[O-]. The van der Waals surface area contributed by atoms with Crippen LogP contribution in [-0.4, -0.2) is 22.4 Å². The highest BCUT2D eigenvalue weighted by Gasteiger charge is 2.15. The van der Waals surface area contributed by atoms with Gasteiger partial charge in [0, 0.05) is 22.0 Å². The van der Waals surface area contributed by atoms with Gasteiger partial charge in [0.05, 0.1) is 9.82 Å². The summed E-state index contributed by atoms with van der Waals surface area (Å²) < 4.78 is 0.851. The predicted molar refractivity (Wildman–Crippen MR) is 72.8 cm³/mol. The zero-order valence-corrected chi connectivity index (χ0v) is 11.7. The monoisotopic (exact) mass is 353 g/mol. The van der Waals surface area contributed by atoms with Crippen molar-refractivity contribution >= 4 is 40.0 Å². The van der Waals surface area contributed by atoms with Gasteiger partial charge < -0.3 is 5.11 Å². The number of nitro benzene ring substituents is 1. The van der Waals surface area contributed by atoms with Gasteiger partial charge in [-0.05, 0) is 40.6 Å². The molecule has 0 aliphatic heterocycles. The van der Waals surface area contributed by atoms with E-state index in [2.05, 4.69) is 22.6 Å². The van der Waals surface area contributed by atoms with Gasteiger partial charge in [-0.2, -0.15) is 0 Å². The normalized spacial score (nSPS) is 12.4. The molecule has 0 aliphatic rings. The van der Waals surface area contributed by atoms with E-state index in [0.717, 1.165) is 3.57 Å². The smallest absolute Gasteiger partial charge is 0.283 e. The number of hydrogen-bond acceptors (Lipinski definition) is 4. The fourth-order valence-electron chi connectivity index (χ4n) is 1.04. The van der Waals surface area contributed by atoms with Gasteiger partial charge in [-0.3, -0.25) is 10.1 Å². The number of benzene rings is 1. The molecule has 0 bridgehead atoms. The summed E-state index contributed by atoms with van der Waals surface area (Å²) >= 11 is 3.46. The van der Waals surface area contributed by atoms with Crippen LogP contribution in [0.15, 0.2) is 23.1 Å². The minimum atomic E-state index is -0.367. The van der Waals surface area contributed by atoms with Crippen molar-refractivity contribution in [1.29, 1.82) is 0 Å². The summed E-state index contributed by atoms with van der Waals surface area (Å²) in [5, 5.41) is 19.7. The van der Waals surface area contributed by atoms with E-state index in [0.29, 0.717) is 10.6 Å². The van der Waals surface area contributed by atoms with E-state index in [9.17, 15) is 10.1 Å². The fraction of sp³-hybridized carbons (Fsp3) is 0.400. The third kappa shape index (κ3) is 3.91. The molecule has 0 aromatic heterocycles. The minimum Gasteiger partial charge on any atom is -0.396 e. The van der Waals surface area contributed by atoms with Crippen LogP contribution in [0.5, 0.6) is 0 Å². The Morgan fingerprint density at radius 3 is 2.88 bits per heavy atom. The van der Waals surface area contributed by atoms with Crippen LogP contribution in [0.1, 0.15) is 6.92 Å². The van der Waals surface area contributed by atoms with Crippen LogP contribution in [0.4, 0.5) is 5.69 Å². The first-order chi connectivity index (χ1) is 7.54. The fourth-order valence-corrected chi connectivity index (χ4v) is 2.53. The number of nitro groups is 1. The minimum absolute atomic E-state index is 0.102.